The topological polar surface area (TPSA) is 29.1 Å². The van der Waals surface area contributed by atoms with E-state index in [9.17, 15) is 4.79 Å². The molecular weight excluding hydrogens is 222 g/mol. The molecule has 0 radical (unpaired) electrons. The number of hydrogen-bond donors (Lipinski definition) is 1. The first kappa shape index (κ1) is 11.0. The SMILES string of the molecule is Cc1ccccc1C1CC(=O)c2ccccc2N1. The highest BCUT2D eigenvalue weighted by Crippen LogP contribution is 2.33. The number of benzene rings is 2. The van der Waals surface area contributed by atoms with E-state index in [1.807, 2.05) is 36.4 Å². The number of Topliss-reactive ketones (excluding diaryl/α,β-unsaturated/α-hetero) is 1. The van der Waals surface area contributed by atoms with Gasteiger partial charge < -0.3 is 5.32 Å². The maximum absolute atomic E-state index is 12.1. The van der Waals surface area contributed by atoms with Gasteiger partial charge in [-0.2, -0.15) is 0 Å². The molecule has 0 bridgehead atoms. The Morgan fingerprint density at radius 2 is 1.78 bits per heavy atom. The molecule has 2 aromatic rings. The van der Waals surface area contributed by atoms with Crippen LogP contribution in [0.4, 0.5) is 5.69 Å². The van der Waals surface area contributed by atoms with Crippen molar-refractivity contribution in [3.8, 4) is 0 Å². The van der Waals surface area contributed by atoms with Crippen molar-refractivity contribution in [2.24, 2.45) is 0 Å². The number of rotatable bonds is 1. The summed E-state index contributed by atoms with van der Waals surface area (Å²) in [5, 5.41) is 3.46. The third kappa shape index (κ3) is 1.80. The van der Waals surface area contributed by atoms with Crippen molar-refractivity contribution in [2.45, 2.75) is 19.4 Å². The average molecular weight is 237 g/mol. The van der Waals surface area contributed by atoms with E-state index in [1.54, 1.807) is 0 Å². The molecule has 0 fully saturated rings. The molecule has 1 unspecified atom stereocenters. The van der Waals surface area contributed by atoms with Crippen LogP contribution in [0.1, 0.15) is 33.9 Å². The number of carbonyl (C=O) groups is 1. The van der Waals surface area contributed by atoms with Gasteiger partial charge in [0.1, 0.15) is 0 Å². The highest BCUT2D eigenvalue weighted by Gasteiger charge is 2.25. The number of carbonyl (C=O) groups excluding carboxylic acids is 1. The number of para-hydroxylation sites is 1. The Bertz CT molecular complexity index is 604. The van der Waals surface area contributed by atoms with Gasteiger partial charge in [-0.1, -0.05) is 36.4 Å². The van der Waals surface area contributed by atoms with Gasteiger partial charge in [0, 0.05) is 17.7 Å². The molecule has 2 heteroatoms. The Hall–Kier alpha value is -2.09. The molecule has 1 aliphatic heterocycles. The van der Waals surface area contributed by atoms with Gasteiger partial charge in [0.05, 0.1) is 6.04 Å². The van der Waals surface area contributed by atoms with Gasteiger partial charge in [-0.15, -0.1) is 0 Å². The summed E-state index contributed by atoms with van der Waals surface area (Å²) < 4.78 is 0. The summed E-state index contributed by atoms with van der Waals surface area (Å²) in [6.07, 6.45) is 0.530. The van der Waals surface area contributed by atoms with E-state index in [4.69, 9.17) is 0 Å². The van der Waals surface area contributed by atoms with Crippen LogP contribution in [0.3, 0.4) is 0 Å². The Balaban J connectivity index is 2.00. The van der Waals surface area contributed by atoms with E-state index >= 15 is 0 Å². The van der Waals surface area contributed by atoms with Gasteiger partial charge in [-0.25, -0.2) is 0 Å². The number of aryl methyl sites for hydroxylation is 1. The summed E-state index contributed by atoms with van der Waals surface area (Å²) in [7, 11) is 0. The molecule has 1 heterocycles. The molecule has 0 saturated carbocycles. The van der Waals surface area contributed by atoms with Crippen LogP contribution in [0.15, 0.2) is 48.5 Å². The van der Waals surface area contributed by atoms with Crippen LogP contribution in [-0.4, -0.2) is 5.78 Å². The predicted octanol–water partition coefficient (Wildman–Crippen LogP) is 3.73. The Kier molecular flexibility index (Phi) is 2.63. The number of fused-ring (bicyclic) bond motifs is 1. The second kappa shape index (κ2) is 4.30. The first-order valence-corrected chi connectivity index (χ1v) is 6.20. The van der Waals surface area contributed by atoms with Crippen LogP contribution in [0.5, 0.6) is 0 Å². The summed E-state index contributed by atoms with van der Waals surface area (Å²) in [5.41, 5.74) is 4.19. The maximum Gasteiger partial charge on any atom is 0.167 e. The van der Waals surface area contributed by atoms with E-state index < -0.39 is 0 Å². The zero-order valence-corrected chi connectivity index (χ0v) is 10.3. The van der Waals surface area contributed by atoms with Crippen LogP contribution in [0.2, 0.25) is 0 Å². The maximum atomic E-state index is 12.1. The number of anilines is 1. The second-order valence-electron chi connectivity index (χ2n) is 4.73. The number of hydrogen-bond acceptors (Lipinski definition) is 2. The van der Waals surface area contributed by atoms with Crippen LogP contribution >= 0.6 is 0 Å². The fourth-order valence-corrected chi connectivity index (χ4v) is 2.55. The third-order valence-corrected chi connectivity index (χ3v) is 3.51. The summed E-state index contributed by atoms with van der Waals surface area (Å²) in [5.74, 6) is 0.220. The number of ketones is 1. The molecular formula is C16H15NO. The lowest BCUT2D eigenvalue weighted by Gasteiger charge is -2.27. The van der Waals surface area contributed by atoms with Gasteiger partial charge in [-0.3, -0.25) is 4.79 Å². The smallest absolute Gasteiger partial charge is 0.167 e. The summed E-state index contributed by atoms with van der Waals surface area (Å²) in [4.78, 5) is 12.1. The minimum atomic E-state index is 0.0913. The Morgan fingerprint density at radius 1 is 1.06 bits per heavy atom. The fourth-order valence-electron chi connectivity index (χ4n) is 2.55. The zero-order chi connectivity index (χ0) is 12.5. The molecule has 0 aromatic heterocycles. The zero-order valence-electron chi connectivity index (χ0n) is 10.3. The molecule has 90 valence electrons. The van der Waals surface area contributed by atoms with E-state index in [1.165, 1.54) is 11.1 Å². The van der Waals surface area contributed by atoms with Crippen molar-refractivity contribution in [3.63, 3.8) is 0 Å². The molecule has 1 aliphatic rings. The lowest BCUT2D eigenvalue weighted by molar-refractivity contribution is 0.0972. The molecule has 2 aromatic carbocycles. The number of nitrogens with one attached hydrogen (secondary N) is 1. The highest BCUT2D eigenvalue weighted by atomic mass is 16.1. The molecule has 1 N–H and O–H groups in total. The molecule has 3 rings (SSSR count). The molecule has 0 saturated heterocycles. The van der Waals surface area contributed by atoms with Gasteiger partial charge in [0.15, 0.2) is 5.78 Å². The van der Waals surface area contributed by atoms with Crippen LogP contribution in [0, 0.1) is 6.92 Å². The van der Waals surface area contributed by atoms with Crippen molar-refractivity contribution in [1.29, 1.82) is 0 Å². The van der Waals surface area contributed by atoms with Crippen molar-refractivity contribution in [3.05, 3.63) is 65.2 Å². The molecule has 1 atom stereocenters. The average Bonchev–Trinajstić information content (AvgIpc) is 2.39. The van der Waals surface area contributed by atoms with E-state index in [0.29, 0.717) is 6.42 Å². The first-order chi connectivity index (χ1) is 8.75. The molecule has 0 spiro atoms. The van der Waals surface area contributed by atoms with Gasteiger partial charge in [-0.05, 0) is 30.2 Å². The summed E-state index contributed by atoms with van der Waals surface area (Å²) in [6.45, 7) is 2.09. The first-order valence-electron chi connectivity index (χ1n) is 6.20. The molecule has 18 heavy (non-hydrogen) atoms. The second-order valence-corrected chi connectivity index (χ2v) is 4.73. The normalized spacial score (nSPS) is 18.1. The van der Waals surface area contributed by atoms with E-state index in [2.05, 4.69) is 24.4 Å². The van der Waals surface area contributed by atoms with Crippen LogP contribution < -0.4 is 5.32 Å². The van der Waals surface area contributed by atoms with Crippen molar-refractivity contribution in [1.82, 2.24) is 0 Å². The predicted molar refractivity (Wildman–Crippen MR) is 72.9 cm³/mol. The largest absolute Gasteiger partial charge is 0.377 e. The van der Waals surface area contributed by atoms with Crippen molar-refractivity contribution in [2.75, 3.05) is 5.32 Å². The van der Waals surface area contributed by atoms with Crippen LogP contribution in [0.25, 0.3) is 0 Å². The van der Waals surface area contributed by atoms with Gasteiger partial charge in [0.2, 0.25) is 0 Å². The van der Waals surface area contributed by atoms with Gasteiger partial charge >= 0.3 is 0 Å². The molecule has 2 nitrogen and oxygen atoms in total. The third-order valence-electron chi connectivity index (χ3n) is 3.51. The summed E-state index contributed by atoms with van der Waals surface area (Å²) in [6, 6.07) is 16.0. The van der Waals surface area contributed by atoms with E-state index in [-0.39, 0.29) is 11.8 Å². The Morgan fingerprint density at radius 3 is 2.61 bits per heavy atom. The summed E-state index contributed by atoms with van der Waals surface area (Å²) >= 11 is 0. The quantitative estimate of drug-likeness (QED) is 0.818. The minimum Gasteiger partial charge on any atom is -0.377 e. The highest BCUT2D eigenvalue weighted by molar-refractivity contribution is 6.03. The lowest BCUT2D eigenvalue weighted by Crippen LogP contribution is -2.23. The van der Waals surface area contributed by atoms with Crippen molar-refractivity contribution >= 4 is 11.5 Å². The van der Waals surface area contributed by atoms with Gasteiger partial charge in [0.25, 0.3) is 0 Å². The monoisotopic (exact) mass is 237 g/mol. The van der Waals surface area contributed by atoms with E-state index in [0.717, 1.165) is 11.3 Å². The van der Waals surface area contributed by atoms with Crippen LogP contribution in [-0.2, 0) is 0 Å². The minimum absolute atomic E-state index is 0.0913. The Labute approximate surface area is 107 Å². The molecule has 0 amide bonds. The standard InChI is InChI=1S/C16H15NO/c1-11-6-2-3-7-12(11)15-10-16(18)13-8-4-5-9-14(13)17-15/h2-9,15,17H,10H2,1H3. The van der Waals surface area contributed by atoms with Crippen molar-refractivity contribution < 1.29 is 4.79 Å². The fraction of sp³-hybridized carbons (Fsp3) is 0.188. The molecule has 0 aliphatic carbocycles. The lowest BCUT2D eigenvalue weighted by atomic mass is 9.90.